The summed E-state index contributed by atoms with van der Waals surface area (Å²) < 4.78 is 0. The highest BCUT2D eigenvalue weighted by Gasteiger charge is 1.99. The number of anilines is 1. The van der Waals surface area contributed by atoms with E-state index in [1.54, 1.807) is 12.3 Å². The van der Waals surface area contributed by atoms with Crippen LogP contribution in [0.15, 0.2) is 46.6 Å². The summed E-state index contributed by atoms with van der Waals surface area (Å²) in [5, 5.41) is 9.36. The lowest BCUT2D eigenvalue weighted by Gasteiger charge is -1.98. The molecule has 0 aliphatic rings. The van der Waals surface area contributed by atoms with Crippen molar-refractivity contribution in [2.24, 2.45) is 0 Å². The Morgan fingerprint density at radius 1 is 1.00 bits per heavy atom. The van der Waals surface area contributed by atoms with E-state index in [1.807, 2.05) is 24.3 Å². The second-order valence-corrected chi connectivity index (χ2v) is 3.61. The first-order valence-electron chi connectivity index (χ1n) is 4.03. The largest absolute Gasteiger partial charge is 0.382 e. The van der Waals surface area contributed by atoms with Gasteiger partial charge in [0.25, 0.3) is 0 Å². The first-order valence-corrected chi connectivity index (χ1v) is 4.84. The van der Waals surface area contributed by atoms with Crippen molar-refractivity contribution in [3.63, 3.8) is 0 Å². The van der Waals surface area contributed by atoms with Gasteiger partial charge in [-0.3, -0.25) is 0 Å². The smallest absolute Gasteiger partial charge is 0.146 e. The average molecular weight is 204 g/mol. The van der Waals surface area contributed by atoms with Crippen LogP contribution < -0.4 is 5.73 Å². The van der Waals surface area contributed by atoms with E-state index in [0.717, 1.165) is 10.1 Å². The molecule has 14 heavy (non-hydrogen) atoms. The molecule has 0 aliphatic carbocycles. The molecule has 0 unspecified atom stereocenters. The fourth-order valence-electron chi connectivity index (χ4n) is 0.899. The minimum Gasteiger partial charge on any atom is -0.382 e. The summed E-state index contributed by atoms with van der Waals surface area (Å²) in [7, 11) is 0. The molecule has 0 fully saturated rings. The number of pyridine rings is 1. The lowest BCUT2D eigenvalue weighted by molar-refractivity contribution is 0.935. The predicted octanol–water partition coefficient (Wildman–Crippen LogP) is 1.60. The van der Waals surface area contributed by atoms with E-state index in [0.29, 0.717) is 5.82 Å². The van der Waals surface area contributed by atoms with Gasteiger partial charge in [-0.25, -0.2) is 4.98 Å². The fourth-order valence-corrected chi connectivity index (χ4v) is 1.59. The molecule has 70 valence electrons. The van der Waals surface area contributed by atoms with Crippen molar-refractivity contribution in [2.45, 2.75) is 10.1 Å². The van der Waals surface area contributed by atoms with E-state index in [2.05, 4.69) is 15.2 Å². The van der Waals surface area contributed by atoms with Crippen LogP contribution in [0.1, 0.15) is 0 Å². The van der Waals surface area contributed by atoms with Gasteiger partial charge in [0, 0.05) is 6.20 Å². The molecule has 0 aliphatic heterocycles. The Hall–Kier alpha value is -1.62. The number of hydrogen-bond donors (Lipinski definition) is 1. The quantitative estimate of drug-likeness (QED) is 0.805. The molecular weight excluding hydrogens is 196 g/mol. The molecule has 0 spiro atoms. The van der Waals surface area contributed by atoms with E-state index in [4.69, 9.17) is 5.73 Å². The molecule has 4 nitrogen and oxygen atoms in total. The highest BCUT2D eigenvalue weighted by Crippen LogP contribution is 2.22. The Morgan fingerprint density at radius 3 is 2.57 bits per heavy atom. The molecule has 5 heteroatoms. The average Bonchev–Trinajstić information content (AvgIpc) is 2.23. The summed E-state index contributed by atoms with van der Waals surface area (Å²) in [6, 6.07) is 9.27. The minimum atomic E-state index is 0.426. The summed E-state index contributed by atoms with van der Waals surface area (Å²) in [5.41, 5.74) is 5.42. The molecule has 0 saturated carbocycles. The third kappa shape index (κ3) is 2.20. The minimum absolute atomic E-state index is 0.426. The van der Waals surface area contributed by atoms with Crippen LogP contribution >= 0.6 is 11.8 Å². The van der Waals surface area contributed by atoms with E-state index in [9.17, 15) is 0 Å². The van der Waals surface area contributed by atoms with Gasteiger partial charge in [0.05, 0.1) is 0 Å². The van der Waals surface area contributed by atoms with Gasteiger partial charge in [-0.1, -0.05) is 6.07 Å². The van der Waals surface area contributed by atoms with Gasteiger partial charge in [-0.15, -0.1) is 10.2 Å². The SMILES string of the molecule is Nc1ccc(Sc2ccccn2)nn1. The molecule has 0 bridgehead atoms. The second-order valence-electron chi connectivity index (χ2n) is 2.57. The molecule has 0 aromatic carbocycles. The van der Waals surface area contributed by atoms with Gasteiger partial charge >= 0.3 is 0 Å². The monoisotopic (exact) mass is 204 g/mol. The Kier molecular flexibility index (Phi) is 2.60. The van der Waals surface area contributed by atoms with Gasteiger partial charge in [-0.05, 0) is 36.0 Å². The van der Waals surface area contributed by atoms with E-state index < -0.39 is 0 Å². The van der Waals surface area contributed by atoms with Crippen molar-refractivity contribution in [3.05, 3.63) is 36.5 Å². The topological polar surface area (TPSA) is 64.7 Å². The Labute approximate surface area is 85.6 Å². The van der Waals surface area contributed by atoms with Crippen LogP contribution in [0.2, 0.25) is 0 Å². The molecule has 2 N–H and O–H groups in total. The Bertz CT molecular complexity index is 401. The Morgan fingerprint density at radius 2 is 1.93 bits per heavy atom. The zero-order valence-corrected chi connectivity index (χ0v) is 8.11. The van der Waals surface area contributed by atoms with Gasteiger partial charge < -0.3 is 5.73 Å². The molecule has 2 rings (SSSR count). The normalized spacial score (nSPS) is 10.0. The highest BCUT2D eigenvalue weighted by molar-refractivity contribution is 7.99. The number of hydrogen-bond acceptors (Lipinski definition) is 5. The zero-order valence-electron chi connectivity index (χ0n) is 7.29. The number of nitrogens with two attached hydrogens (primary N) is 1. The third-order valence-electron chi connectivity index (χ3n) is 1.51. The summed E-state index contributed by atoms with van der Waals surface area (Å²) in [6.07, 6.45) is 1.74. The molecule has 0 amide bonds. The van der Waals surface area contributed by atoms with Crippen LogP contribution in [0, 0.1) is 0 Å². The summed E-state index contributed by atoms with van der Waals surface area (Å²) in [4.78, 5) is 4.16. The van der Waals surface area contributed by atoms with Crippen molar-refractivity contribution >= 4 is 17.6 Å². The van der Waals surface area contributed by atoms with Crippen LogP contribution in [-0.4, -0.2) is 15.2 Å². The van der Waals surface area contributed by atoms with E-state index in [1.165, 1.54) is 11.8 Å². The molecule has 2 aromatic heterocycles. The number of rotatable bonds is 2. The fraction of sp³-hybridized carbons (Fsp3) is 0. The number of nitrogen functional groups attached to an aromatic ring is 1. The molecule has 0 atom stereocenters. The highest BCUT2D eigenvalue weighted by atomic mass is 32.2. The maximum Gasteiger partial charge on any atom is 0.146 e. The van der Waals surface area contributed by atoms with Crippen molar-refractivity contribution in [2.75, 3.05) is 5.73 Å². The maximum atomic E-state index is 5.42. The van der Waals surface area contributed by atoms with Crippen molar-refractivity contribution in [1.82, 2.24) is 15.2 Å². The van der Waals surface area contributed by atoms with Crippen LogP contribution in [0.5, 0.6) is 0 Å². The van der Waals surface area contributed by atoms with Crippen LogP contribution in [0.25, 0.3) is 0 Å². The molecule has 0 saturated heterocycles. The third-order valence-corrected chi connectivity index (χ3v) is 2.39. The second kappa shape index (κ2) is 4.06. The van der Waals surface area contributed by atoms with Crippen molar-refractivity contribution < 1.29 is 0 Å². The summed E-state index contributed by atoms with van der Waals surface area (Å²) >= 11 is 1.46. The lowest BCUT2D eigenvalue weighted by Crippen LogP contribution is -1.92. The van der Waals surface area contributed by atoms with Crippen molar-refractivity contribution in [3.8, 4) is 0 Å². The van der Waals surface area contributed by atoms with E-state index in [-0.39, 0.29) is 0 Å². The first-order chi connectivity index (χ1) is 6.84. The number of aromatic nitrogens is 3. The molecule has 2 heterocycles. The van der Waals surface area contributed by atoms with Crippen LogP contribution in [0.3, 0.4) is 0 Å². The van der Waals surface area contributed by atoms with Crippen LogP contribution in [0.4, 0.5) is 5.82 Å². The number of nitrogens with zero attached hydrogens (tertiary/aromatic N) is 3. The van der Waals surface area contributed by atoms with Crippen molar-refractivity contribution in [1.29, 1.82) is 0 Å². The molecular formula is C9H8N4S. The molecule has 0 radical (unpaired) electrons. The summed E-state index contributed by atoms with van der Waals surface area (Å²) in [6.45, 7) is 0. The lowest BCUT2D eigenvalue weighted by atomic mass is 10.5. The van der Waals surface area contributed by atoms with Gasteiger partial charge in [-0.2, -0.15) is 0 Å². The maximum absolute atomic E-state index is 5.42. The van der Waals surface area contributed by atoms with E-state index >= 15 is 0 Å². The van der Waals surface area contributed by atoms with Gasteiger partial charge in [0.15, 0.2) is 0 Å². The van der Waals surface area contributed by atoms with Gasteiger partial charge in [0.2, 0.25) is 0 Å². The zero-order chi connectivity index (χ0) is 9.80. The van der Waals surface area contributed by atoms with Crippen LogP contribution in [-0.2, 0) is 0 Å². The first kappa shape index (κ1) is 8.96. The van der Waals surface area contributed by atoms with Gasteiger partial charge in [0.1, 0.15) is 15.9 Å². The standard InChI is InChI=1S/C9H8N4S/c10-7-4-5-9(13-12-7)14-8-3-1-2-6-11-8/h1-6H,(H2,10,12). The summed E-state index contributed by atoms with van der Waals surface area (Å²) in [5.74, 6) is 0.426. The molecule has 2 aromatic rings. The Balaban J connectivity index is 2.16. The predicted molar refractivity (Wildman–Crippen MR) is 54.8 cm³/mol.